The van der Waals surface area contributed by atoms with Gasteiger partial charge in [0.1, 0.15) is 13.2 Å². The molecule has 8 heteroatoms. The number of anilines is 2. The number of carbonyl (C=O) groups is 2. The second kappa shape index (κ2) is 8.03. The molecule has 0 saturated carbocycles. The van der Waals surface area contributed by atoms with Gasteiger partial charge in [-0.15, -0.1) is 11.3 Å². The normalized spacial score (nSPS) is 17.6. The summed E-state index contributed by atoms with van der Waals surface area (Å²) in [6.07, 6.45) is 0.177. The third-order valence-electron chi connectivity index (χ3n) is 5.40. The number of hydrogen-bond acceptors (Lipinski definition) is 6. The molecule has 3 heterocycles. The number of nitrogens with zero attached hydrogens (tertiary/aromatic N) is 2. The molecule has 0 spiro atoms. The van der Waals surface area contributed by atoms with Gasteiger partial charge in [-0.3, -0.25) is 9.59 Å². The first kappa shape index (κ1) is 19.6. The zero-order chi connectivity index (χ0) is 21.4. The molecule has 1 saturated heterocycles. The van der Waals surface area contributed by atoms with Crippen molar-refractivity contribution < 1.29 is 19.1 Å². The van der Waals surface area contributed by atoms with Gasteiger partial charge in [0.15, 0.2) is 11.5 Å². The SMILES string of the molecule is Cc1nc(-c2ccc(NC(=O)[C@@H]3CC(=O)N(c4ccc5c(c4)OCCO5)C3)cc2)cs1. The molecule has 2 aliphatic rings. The summed E-state index contributed by atoms with van der Waals surface area (Å²) >= 11 is 1.60. The van der Waals surface area contributed by atoms with E-state index in [0.29, 0.717) is 42.6 Å². The van der Waals surface area contributed by atoms with Crippen LogP contribution >= 0.6 is 11.3 Å². The van der Waals surface area contributed by atoms with Crippen molar-refractivity contribution in [2.75, 3.05) is 30.0 Å². The van der Waals surface area contributed by atoms with Gasteiger partial charge in [0.25, 0.3) is 0 Å². The topological polar surface area (TPSA) is 80.8 Å². The minimum absolute atomic E-state index is 0.0777. The van der Waals surface area contributed by atoms with Crippen LogP contribution in [-0.2, 0) is 9.59 Å². The van der Waals surface area contributed by atoms with Crippen molar-refractivity contribution >= 4 is 34.5 Å². The predicted molar refractivity (Wildman–Crippen MR) is 119 cm³/mol. The molecule has 2 amide bonds. The zero-order valence-electron chi connectivity index (χ0n) is 17.0. The van der Waals surface area contributed by atoms with E-state index in [9.17, 15) is 9.59 Å². The van der Waals surface area contributed by atoms with E-state index in [0.717, 1.165) is 16.3 Å². The molecule has 3 aromatic rings. The quantitative estimate of drug-likeness (QED) is 0.673. The molecular weight excluding hydrogens is 414 g/mol. The van der Waals surface area contributed by atoms with Crippen LogP contribution < -0.4 is 19.7 Å². The lowest BCUT2D eigenvalue weighted by Crippen LogP contribution is -2.28. The molecule has 2 aromatic carbocycles. The average Bonchev–Trinajstić information content (AvgIpc) is 3.40. The summed E-state index contributed by atoms with van der Waals surface area (Å²) < 4.78 is 11.1. The first-order valence-electron chi connectivity index (χ1n) is 10.1. The van der Waals surface area contributed by atoms with Crippen molar-refractivity contribution in [1.29, 1.82) is 0 Å². The van der Waals surface area contributed by atoms with Crippen LogP contribution in [0.3, 0.4) is 0 Å². The Kier molecular flexibility index (Phi) is 5.07. The monoisotopic (exact) mass is 435 g/mol. The van der Waals surface area contributed by atoms with Crippen molar-refractivity contribution in [3.8, 4) is 22.8 Å². The molecule has 1 aromatic heterocycles. The Bertz CT molecular complexity index is 1140. The van der Waals surface area contributed by atoms with Gasteiger partial charge in [-0.25, -0.2) is 4.98 Å². The molecule has 2 aliphatic heterocycles. The highest BCUT2D eigenvalue weighted by Crippen LogP contribution is 2.36. The highest BCUT2D eigenvalue weighted by atomic mass is 32.1. The van der Waals surface area contributed by atoms with Gasteiger partial charge in [-0.2, -0.15) is 0 Å². The second-order valence-corrected chi connectivity index (χ2v) is 8.61. The maximum absolute atomic E-state index is 12.8. The van der Waals surface area contributed by atoms with E-state index in [2.05, 4.69) is 10.3 Å². The van der Waals surface area contributed by atoms with Gasteiger partial charge in [-0.05, 0) is 31.2 Å². The Labute approximate surface area is 183 Å². The van der Waals surface area contributed by atoms with Crippen LogP contribution in [-0.4, -0.2) is 36.6 Å². The van der Waals surface area contributed by atoms with Crippen LogP contribution in [0, 0.1) is 12.8 Å². The molecular formula is C23H21N3O4S. The summed E-state index contributed by atoms with van der Waals surface area (Å²) in [5, 5.41) is 5.96. The van der Waals surface area contributed by atoms with E-state index in [4.69, 9.17) is 9.47 Å². The number of hydrogen-bond donors (Lipinski definition) is 1. The Morgan fingerprint density at radius 3 is 2.65 bits per heavy atom. The Morgan fingerprint density at radius 1 is 1.13 bits per heavy atom. The summed E-state index contributed by atoms with van der Waals surface area (Å²) in [7, 11) is 0. The highest BCUT2D eigenvalue weighted by Gasteiger charge is 2.35. The van der Waals surface area contributed by atoms with E-state index in [1.807, 2.05) is 42.6 Å². The first-order chi connectivity index (χ1) is 15.1. The largest absolute Gasteiger partial charge is 0.486 e. The van der Waals surface area contributed by atoms with Gasteiger partial charge >= 0.3 is 0 Å². The third kappa shape index (κ3) is 3.98. The van der Waals surface area contributed by atoms with Crippen LogP contribution in [0.15, 0.2) is 47.8 Å². The first-order valence-corrected chi connectivity index (χ1v) is 11.0. The number of nitrogens with one attached hydrogen (secondary N) is 1. The van der Waals surface area contributed by atoms with Gasteiger partial charge in [0.2, 0.25) is 11.8 Å². The van der Waals surface area contributed by atoms with Gasteiger partial charge in [0, 0.05) is 41.4 Å². The molecule has 7 nitrogen and oxygen atoms in total. The zero-order valence-corrected chi connectivity index (χ0v) is 17.8. The Morgan fingerprint density at radius 2 is 1.90 bits per heavy atom. The lowest BCUT2D eigenvalue weighted by Gasteiger charge is -2.22. The minimum atomic E-state index is -0.415. The fraction of sp³-hybridized carbons (Fsp3) is 0.261. The van der Waals surface area contributed by atoms with Crippen molar-refractivity contribution in [1.82, 2.24) is 4.98 Å². The molecule has 1 fully saturated rings. The molecule has 1 atom stereocenters. The van der Waals surface area contributed by atoms with E-state index in [1.165, 1.54) is 0 Å². The van der Waals surface area contributed by atoms with E-state index >= 15 is 0 Å². The summed E-state index contributed by atoms with van der Waals surface area (Å²) in [6, 6.07) is 13.0. The van der Waals surface area contributed by atoms with Crippen LogP contribution in [0.5, 0.6) is 11.5 Å². The van der Waals surface area contributed by atoms with E-state index < -0.39 is 5.92 Å². The smallest absolute Gasteiger partial charge is 0.229 e. The summed E-state index contributed by atoms with van der Waals surface area (Å²) in [4.78, 5) is 31.5. The summed E-state index contributed by atoms with van der Waals surface area (Å²) in [5.74, 6) is 0.644. The molecule has 158 valence electrons. The number of benzene rings is 2. The van der Waals surface area contributed by atoms with Crippen LogP contribution in [0.25, 0.3) is 11.3 Å². The Balaban J connectivity index is 1.25. The fourth-order valence-electron chi connectivity index (χ4n) is 3.80. The number of amides is 2. The maximum Gasteiger partial charge on any atom is 0.229 e. The molecule has 0 bridgehead atoms. The lowest BCUT2D eigenvalue weighted by molar-refractivity contribution is -0.122. The van der Waals surface area contributed by atoms with Crippen LogP contribution in [0.2, 0.25) is 0 Å². The summed E-state index contributed by atoms with van der Waals surface area (Å²) in [5.41, 5.74) is 3.35. The molecule has 0 radical (unpaired) electrons. The molecule has 31 heavy (non-hydrogen) atoms. The van der Waals surface area contributed by atoms with Gasteiger partial charge in [-0.1, -0.05) is 12.1 Å². The van der Waals surface area contributed by atoms with Crippen molar-refractivity contribution in [2.45, 2.75) is 13.3 Å². The molecule has 0 unspecified atom stereocenters. The Hall–Kier alpha value is -3.39. The van der Waals surface area contributed by atoms with Crippen molar-refractivity contribution in [3.63, 3.8) is 0 Å². The van der Waals surface area contributed by atoms with Crippen LogP contribution in [0.4, 0.5) is 11.4 Å². The standard InChI is InChI=1S/C23H21N3O4S/c1-14-24-19(13-31-14)15-2-4-17(5-3-15)25-23(28)16-10-22(27)26(12-16)18-6-7-20-21(11-18)30-9-8-29-20/h2-7,11,13,16H,8-10,12H2,1H3,(H,25,28)/t16-/m1/s1. The number of carbonyl (C=O) groups excluding carboxylic acids is 2. The van der Waals surface area contributed by atoms with Crippen molar-refractivity contribution in [3.05, 3.63) is 52.9 Å². The third-order valence-corrected chi connectivity index (χ3v) is 6.17. The highest BCUT2D eigenvalue weighted by molar-refractivity contribution is 7.09. The number of rotatable bonds is 4. The van der Waals surface area contributed by atoms with E-state index in [1.54, 1.807) is 28.4 Å². The minimum Gasteiger partial charge on any atom is -0.486 e. The number of aromatic nitrogens is 1. The predicted octanol–water partition coefficient (Wildman–Crippen LogP) is 3.88. The van der Waals surface area contributed by atoms with Gasteiger partial charge in [0.05, 0.1) is 16.6 Å². The molecule has 5 rings (SSSR count). The van der Waals surface area contributed by atoms with Gasteiger partial charge < -0.3 is 19.7 Å². The number of fused-ring (bicyclic) bond motifs is 1. The number of ether oxygens (including phenoxy) is 2. The fourth-order valence-corrected chi connectivity index (χ4v) is 4.42. The molecule has 0 aliphatic carbocycles. The second-order valence-electron chi connectivity index (χ2n) is 7.55. The average molecular weight is 436 g/mol. The molecule has 1 N–H and O–H groups in total. The van der Waals surface area contributed by atoms with E-state index in [-0.39, 0.29) is 18.2 Å². The maximum atomic E-state index is 12.8. The summed E-state index contributed by atoms with van der Waals surface area (Å²) in [6.45, 7) is 3.30. The van der Waals surface area contributed by atoms with Crippen molar-refractivity contribution in [2.24, 2.45) is 5.92 Å². The van der Waals surface area contributed by atoms with Crippen LogP contribution in [0.1, 0.15) is 11.4 Å². The number of thiazole rings is 1. The lowest BCUT2D eigenvalue weighted by atomic mass is 10.1. The number of aryl methyl sites for hydroxylation is 1.